The minimum atomic E-state index is -0.155. The number of nitrogen functional groups attached to an aromatic ring is 1. The van der Waals surface area contributed by atoms with Crippen molar-refractivity contribution in [2.45, 2.75) is 26.4 Å². The number of rotatable bonds is 7. The van der Waals surface area contributed by atoms with E-state index in [9.17, 15) is 4.79 Å². The van der Waals surface area contributed by atoms with Gasteiger partial charge in [0.15, 0.2) is 0 Å². The Hall–Kier alpha value is -3.94. The van der Waals surface area contributed by atoms with Crippen LogP contribution in [0, 0.1) is 11.3 Å². The summed E-state index contributed by atoms with van der Waals surface area (Å²) in [5.41, 5.74) is 8.03. The number of carbonyl (C=O) groups is 1. The van der Waals surface area contributed by atoms with Crippen molar-refractivity contribution in [1.82, 2.24) is 9.97 Å². The average molecular weight is 445 g/mol. The van der Waals surface area contributed by atoms with Gasteiger partial charge in [-0.2, -0.15) is 0 Å². The summed E-state index contributed by atoms with van der Waals surface area (Å²) < 4.78 is 5.74. The number of pyridine rings is 2. The van der Waals surface area contributed by atoms with Gasteiger partial charge in [0, 0.05) is 42.3 Å². The highest BCUT2D eigenvalue weighted by Crippen LogP contribution is 2.25. The van der Waals surface area contributed by atoms with Crippen molar-refractivity contribution in [3.8, 4) is 5.75 Å². The number of ether oxygens (including phenoxy) is 1. The van der Waals surface area contributed by atoms with Gasteiger partial charge >= 0.3 is 0 Å². The summed E-state index contributed by atoms with van der Waals surface area (Å²) in [4.78, 5) is 23.6. The Labute approximate surface area is 193 Å². The molecule has 8 nitrogen and oxygen atoms in total. The van der Waals surface area contributed by atoms with Gasteiger partial charge in [-0.25, -0.2) is 9.97 Å². The summed E-state index contributed by atoms with van der Waals surface area (Å²) in [7, 11) is 0. The Kier molecular flexibility index (Phi) is 6.53. The molecule has 1 amide bonds. The molecular weight excluding hydrogens is 416 g/mol. The van der Waals surface area contributed by atoms with Gasteiger partial charge in [-0.1, -0.05) is 6.07 Å². The molecule has 4 N–H and O–H groups in total. The van der Waals surface area contributed by atoms with E-state index < -0.39 is 0 Å². The smallest absolute Gasteiger partial charge is 0.230 e. The molecule has 8 heteroatoms. The van der Waals surface area contributed by atoms with Gasteiger partial charge in [-0.15, -0.1) is 0 Å². The van der Waals surface area contributed by atoms with Crippen LogP contribution >= 0.6 is 0 Å². The fraction of sp³-hybridized carbons (Fsp3) is 0.280. The highest BCUT2D eigenvalue weighted by molar-refractivity contribution is 6.14. The van der Waals surface area contributed by atoms with E-state index in [4.69, 9.17) is 15.9 Å². The third kappa shape index (κ3) is 5.28. The van der Waals surface area contributed by atoms with Crippen molar-refractivity contribution in [1.29, 1.82) is 5.41 Å². The van der Waals surface area contributed by atoms with Gasteiger partial charge < -0.3 is 20.7 Å². The fourth-order valence-corrected chi connectivity index (χ4v) is 3.86. The van der Waals surface area contributed by atoms with E-state index in [1.165, 1.54) is 0 Å². The maximum Gasteiger partial charge on any atom is 0.230 e. The molecule has 2 aromatic heterocycles. The molecule has 3 aromatic rings. The van der Waals surface area contributed by atoms with Gasteiger partial charge in [0.25, 0.3) is 0 Å². The zero-order chi connectivity index (χ0) is 23.4. The Morgan fingerprint density at radius 1 is 1.18 bits per heavy atom. The summed E-state index contributed by atoms with van der Waals surface area (Å²) in [5, 5.41) is 11.6. The summed E-state index contributed by atoms with van der Waals surface area (Å²) in [5.74, 6) is 1.70. The molecule has 170 valence electrons. The number of hydrogen-bond acceptors (Lipinski definition) is 7. The van der Waals surface area contributed by atoms with Crippen molar-refractivity contribution < 1.29 is 9.53 Å². The SMILES string of the molecule is CC(C)Oc1ccc(N)c(C(=N)c2ccnc(NC(=O)C3CCN(c4ccccn4)C3)c2)c1. The van der Waals surface area contributed by atoms with Gasteiger partial charge in [0.1, 0.15) is 17.4 Å². The lowest BCUT2D eigenvalue weighted by Crippen LogP contribution is -2.27. The maximum absolute atomic E-state index is 12.9. The average Bonchev–Trinajstić information content (AvgIpc) is 3.31. The monoisotopic (exact) mass is 444 g/mol. The van der Waals surface area contributed by atoms with E-state index in [0.29, 0.717) is 34.9 Å². The normalized spacial score (nSPS) is 15.5. The molecular formula is C25H28N6O2. The second-order valence-corrected chi connectivity index (χ2v) is 8.33. The molecule has 0 radical (unpaired) electrons. The van der Waals surface area contributed by atoms with E-state index in [2.05, 4.69) is 20.2 Å². The van der Waals surface area contributed by atoms with Crippen LogP contribution in [0.2, 0.25) is 0 Å². The van der Waals surface area contributed by atoms with Gasteiger partial charge in [-0.05, 0) is 62.7 Å². The summed E-state index contributed by atoms with van der Waals surface area (Å²) >= 11 is 0. The summed E-state index contributed by atoms with van der Waals surface area (Å²) in [6.45, 7) is 5.27. The van der Waals surface area contributed by atoms with Crippen molar-refractivity contribution in [2.24, 2.45) is 5.92 Å². The number of hydrogen-bond donors (Lipinski definition) is 3. The van der Waals surface area contributed by atoms with E-state index in [0.717, 1.165) is 18.8 Å². The Bertz CT molecular complexity index is 1150. The van der Waals surface area contributed by atoms with Crippen molar-refractivity contribution in [3.05, 3.63) is 72.1 Å². The first kappa shape index (κ1) is 22.3. The van der Waals surface area contributed by atoms with E-state index >= 15 is 0 Å². The molecule has 1 saturated heterocycles. The molecule has 0 saturated carbocycles. The first-order valence-electron chi connectivity index (χ1n) is 11.0. The molecule has 4 rings (SSSR count). The lowest BCUT2D eigenvalue weighted by Gasteiger charge is -2.17. The van der Waals surface area contributed by atoms with Crippen LogP contribution in [0.4, 0.5) is 17.3 Å². The largest absolute Gasteiger partial charge is 0.491 e. The molecule has 3 heterocycles. The number of aromatic nitrogens is 2. The van der Waals surface area contributed by atoms with Crippen molar-refractivity contribution >= 4 is 28.9 Å². The van der Waals surface area contributed by atoms with Crippen LogP contribution in [0.1, 0.15) is 31.4 Å². The molecule has 1 atom stereocenters. The minimum absolute atomic E-state index is 0.0163. The number of anilines is 3. The molecule has 33 heavy (non-hydrogen) atoms. The standard InChI is InChI=1S/C25H28N6O2/c1-16(2)33-19-6-7-21(26)20(14-19)24(27)17-8-11-28-22(13-17)30-25(32)18-9-12-31(15-18)23-5-3-4-10-29-23/h3-8,10-11,13-14,16,18,27H,9,12,15,26H2,1-2H3,(H,28,30,32). The predicted octanol–water partition coefficient (Wildman–Crippen LogP) is 3.73. The van der Waals surface area contributed by atoms with Crippen LogP contribution in [0.3, 0.4) is 0 Å². The number of nitrogens with two attached hydrogens (primary N) is 1. The lowest BCUT2D eigenvalue weighted by atomic mass is 10.0. The quantitative estimate of drug-likeness (QED) is 0.378. The number of carbonyl (C=O) groups excluding carboxylic acids is 1. The van der Waals surface area contributed by atoms with Crippen LogP contribution < -0.4 is 20.7 Å². The van der Waals surface area contributed by atoms with Gasteiger partial charge in [0.05, 0.1) is 17.7 Å². The Morgan fingerprint density at radius 2 is 2.03 bits per heavy atom. The molecule has 0 spiro atoms. The van der Waals surface area contributed by atoms with Crippen LogP contribution in [-0.4, -0.2) is 40.8 Å². The Balaban J connectivity index is 1.45. The Morgan fingerprint density at radius 3 is 2.79 bits per heavy atom. The third-order valence-electron chi connectivity index (χ3n) is 5.50. The number of nitrogens with zero attached hydrogens (tertiary/aromatic N) is 3. The zero-order valence-electron chi connectivity index (χ0n) is 18.8. The number of nitrogens with one attached hydrogen (secondary N) is 2. The lowest BCUT2D eigenvalue weighted by molar-refractivity contribution is -0.119. The zero-order valence-corrected chi connectivity index (χ0v) is 18.8. The maximum atomic E-state index is 12.9. The fourth-order valence-electron chi connectivity index (χ4n) is 3.86. The molecule has 0 bridgehead atoms. The van der Waals surface area contributed by atoms with E-state index in [-0.39, 0.29) is 23.6 Å². The second kappa shape index (κ2) is 9.68. The van der Waals surface area contributed by atoms with Crippen LogP contribution in [0.5, 0.6) is 5.75 Å². The second-order valence-electron chi connectivity index (χ2n) is 8.33. The molecule has 1 fully saturated rings. The summed E-state index contributed by atoms with van der Waals surface area (Å²) in [6, 6.07) is 14.5. The van der Waals surface area contributed by atoms with Gasteiger partial charge in [0.2, 0.25) is 5.91 Å². The minimum Gasteiger partial charge on any atom is -0.491 e. The van der Waals surface area contributed by atoms with Crippen LogP contribution in [0.15, 0.2) is 60.9 Å². The molecule has 0 aliphatic carbocycles. The highest BCUT2D eigenvalue weighted by Gasteiger charge is 2.29. The van der Waals surface area contributed by atoms with Crippen molar-refractivity contribution in [3.63, 3.8) is 0 Å². The highest BCUT2D eigenvalue weighted by atomic mass is 16.5. The molecule has 1 aliphatic heterocycles. The third-order valence-corrected chi connectivity index (χ3v) is 5.50. The van der Waals surface area contributed by atoms with E-state index in [1.807, 2.05) is 32.0 Å². The van der Waals surface area contributed by atoms with Gasteiger partial charge in [-0.3, -0.25) is 10.2 Å². The van der Waals surface area contributed by atoms with Crippen LogP contribution in [-0.2, 0) is 4.79 Å². The summed E-state index contributed by atoms with van der Waals surface area (Å²) in [6.07, 6.45) is 4.10. The van der Waals surface area contributed by atoms with Crippen molar-refractivity contribution in [2.75, 3.05) is 29.0 Å². The predicted molar refractivity (Wildman–Crippen MR) is 130 cm³/mol. The topological polar surface area (TPSA) is 117 Å². The number of benzene rings is 1. The molecule has 1 aliphatic rings. The van der Waals surface area contributed by atoms with E-state index in [1.54, 1.807) is 42.7 Å². The van der Waals surface area contributed by atoms with Crippen LogP contribution in [0.25, 0.3) is 0 Å². The molecule has 1 aromatic carbocycles. The molecule has 1 unspecified atom stereocenters. The first-order valence-corrected chi connectivity index (χ1v) is 11.0. The number of amides is 1. The first-order chi connectivity index (χ1) is 15.9.